The number of likely N-dealkylation sites (tertiary alicyclic amines) is 3. The lowest BCUT2D eigenvalue weighted by atomic mass is 9.91. The van der Waals surface area contributed by atoms with Gasteiger partial charge in [-0.05, 0) is 57.3 Å². The Morgan fingerprint density at radius 2 is 1.74 bits per heavy atom. The third-order valence-electron chi connectivity index (χ3n) is 6.66. The van der Waals surface area contributed by atoms with E-state index < -0.39 is 0 Å². The van der Waals surface area contributed by atoms with E-state index in [0.29, 0.717) is 11.9 Å². The van der Waals surface area contributed by atoms with Crippen LogP contribution in [0.25, 0.3) is 0 Å². The van der Waals surface area contributed by atoms with Gasteiger partial charge in [-0.15, -0.1) is 0 Å². The van der Waals surface area contributed by atoms with E-state index in [0.717, 1.165) is 52.0 Å². The first-order valence-corrected chi connectivity index (χ1v) is 10.7. The molecular weight excluding hydrogens is 336 g/mol. The summed E-state index contributed by atoms with van der Waals surface area (Å²) in [6, 6.07) is 11.7. The molecule has 0 radical (unpaired) electrons. The minimum atomic E-state index is 0.197. The molecule has 4 rings (SSSR count). The van der Waals surface area contributed by atoms with Gasteiger partial charge in [0, 0.05) is 38.3 Å². The maximum Gasteiger partial charge on any atom is 0.227 e. The van der Waals surface area contributed by atoms with Gasteiger partial charge in [0.05, 0.1) is 5.92 Å². The molecule has 27 heavy (non-hydrogen) atoms. The van der Waals surface area contributed by atoms with Crippen molar-refractivity contribution in [1.29, 1.82) is 0 Å². The summed E-state index contributed by atoms with van der Waals surface area (Å²) in [5.74, 6) is 0.545. The second kappa shape index (κ2) is 8.72. The normalized spacial score (nSPS) is 26.1. The molecule has 2 N–H and O–H groups in total. The number of amides is 1. The summed E-state index contributed by atoms with van der Waals surface area (Å²) in [6.07, 6.45) is 5.83. The van der Waals surface area contributed by atoms with Crippen molar-refractivity contribution in [3.63, 3.8) is 0 Å². The fourth-order valence-electron chi connectivity index (χ4n) is 4.93. The molecule has 1 aromatic rings. The number of nitrogens with two attached hydrogens (primary N) is 1. The number of hydrogen-bond donors (Lipinski definition) is 1. The lowest BCUT2D eigenvalue weighted by Crippen LogP contribution is -2.60. The van der Waals surface area contributed by atoms with Crippen LogP contribution in [0.2, 0.25) is 0 Å². The molecular formula is C22H34N4O. The molecule has 3 heterocycles. The monoisotopic (exact) mass is 370 g/mol. The van der Waals surface area contributed by atoms with Crippen molar-refractivity contribution in [1.82, 2.24) is 14.7 Å². The van der Waals surface area contributed by atoms with Crippen molar-refractivity contribution >= 4 is 5.91 Å². The van der Waals surface area contributed by atoms with Crippen molar-refractivity contribution in [2.24, 2.45) is 11.7 Å². The molecule has 3 aliphatic heterocycles. The lowest BCUT2D eigenvalue weighted by molar-refractivity contribution is -0.142. The fraction of sp³-hybridized carbons (Fsp3) is 0.682. The van der Waals surface area contributed by atoms with Gasteiger partial charge < -0.3 is 15.5 Å². The van der Waals surface area contributed by atoms with Crippen LogP contribution in [0.15, 0.2) is 30.3 Å². The Labute approximate surface area is 163 Å². The third kappa shape index (κ3) is 4.71. The van der Waals surface area contributed by atoms with Gasteiger partial charge in [0.2, 0.25) is 5.91 Å². The first-order chi connectivity index (χ1) is 13.2. The van der Waals surface area contributed by atoms with Crippen molar-refractivity contribution in [2.75, 3.05) is 45.8 Å². The molecule has 5 nitrogen and oxygen atoms in total. The highest BCUT2D eigenvalue weighted by Crippen LogP contribution is 2.26. The molecule has 0 aliphatic carbocycles. The highest BCUT2D eigenvalue weighted by molar-refractivity contribution is 5.80. The Hall–Kier alpha value is -1.43. The maximum atomic E-state index is 12.7. The molecule has 148 valence electrons. The molecule has 1 aromatic carbocycles. The van der Waals surface area contributed by atoms with Gasteiger partial charge in [0.15, 0.2) is 0 Å². The van der Waals surface area contributed by atoms with Gasteiger partial charge in [-0.2, -0.15) is 0 Å². The van der Waals surface area contributed by atoms with Crippen LogP contribution in [0.1, 0.15) is 31.2 Å². The summed E-state index contributed by atoms with van der Waals surface area (Å²) in [4.78, 5) is 19.8. The standard InChI is InChI=1S/C22H34N4O/c23-20-16-26(17-20)22(27)19-7-4-11-25(15-19)21-9-13-24(14-10-21)12-8-18-5-2-1-3-6-18/h1-3,5-6,19-21H,4,7-17,23H2/t19-/m0/s1. The molecule has 0 bridgehead atoms. The van der Waals surface area contributed by atoms with Crippen LogP contribution in [-0.4, -0.2) is 78.5 Å². The summed E-state index contributed by atoms with van der Waals surface area (Å²) in [5, 5.41) is 0. The van der Waals surface area contributed by atoms with Gasteiger partial charge in [-0.25, -0.2) is 0 Å². The Kier molecular flexibility index (Phi) is 6.11. The van der Waals surface area contributed by atoms with Crippen LogP contribution in [0, 0.1) is 5.92 Å². The van der Waals surface area contributed by atoms with E-state index >= 15 is 0 Å². The first-order valence-electron chi connectivity index (χ1n) is 10.7. The summed E-state index contributed by atoms with van der Waals surface area (Å²) < 4.78 is 0. The molecule has 0 aromatic heterocycles. The molecule has 3 aliphatic rings. The molecule has 0 spiro atoms. The highest BCUT2D eigenvalue weighted by Gasteiger charge is 2.36. The summed E-state index contributed by atoms with van der Waals surface area (Å²) in [6.45, 7) is 7.18. The van der Waals surface area contributed by atoms with Gasteiger partial charge in [-0.3, -0.25) is 9.69 Å². The van der Waals surface area contributed by atoms with Gasteiger partial charge in [0.25, 0.3) is 0 Å². The Morgan fingerprint density at radius 1 is 1.00 bits per heavy atom. The van der Waals surface area contributed by atoms with Gasteiger partial charge in [0.1, 0.15) is 0 Å². The third-order valence-corrected chi connectivity index (χ3v) is 6.66. The lowest BCUT2D eigenvalue weighted by Gasteiger charge is -2.44. The summed E-state index contributed by atoms with van der Waals surface area (Å²) >= 11 is 0. The zero-order chi connectivity index (χ0) is 18.6. The van der Waals surface area contributed by atoms with Crippen molar-refractivity contribution in [2.45, 2.75) is 44.2 Å². The minimum absolute atomic E-state index is 0.197. The molecule has 1 amide bonds. The van der Waals surface area contributed by atoms with E-state index in [2.05, 4.69) is 40.1 Å². The van der Waals surface area contributed by atoms with Crippen molar-refractivity contribution in [3.8, 4) is 0 Å². The fourth-order valence-corrected chi connectivity index (χ4v) is 4.93. The summed E-state index contributed by atoms with van der Waals surface area (Å²) in [7, 11) is 0. The van der Waals surface area contributed by atoms with Crippen LogP contribution in [0.4, 0.5) is 0 Å². The topological polar surface area (TPSA) is 52.8 Å². The number of hydrogen-bond acceptors (Lipinski definition) is 4. The highest BCUT2D eigenvalue weighted by atomic mass is 16.2. The number of benzene rings is 1. The molecule has 5 heteroatoms. The molecule has 3 saturated heterocycles. The zero-order valence-corrected chi connectivity index (χ0v) is 16.4. The molecule has 0 saturated carbocycles. The van der Waals surface area contributed by atoms with E-state index in [-0.39, 0.29) is 12.0 Å². The zero-order valence-electron chi connectivity index (χ0n) is 16.4. The van der Waals surface area contributed by atoms with Gasteiger partial charge >= 0.3 is 0 Å². The first kappa shape index (κ1) is 18.9. The summed E-state index contributed by atoms with van der Waals surface area (Å²) in [5.41, 5.74) is 7.28. The number of rotatable bonds is 5. The average molecular weight is 371 g/mol. The van der Waals surface area contributed by atoms with Crippen LogP contribution >= 0.6 is 0 Å². The second-order valence-electron chi connectivity index (χ2n) is 8.65. The van der Waals surface area contributed by atoms with E-state index in [1.807, 2.05) is 4.90 Å². The van der Waals surface area contributed by atoms with E-state index in [1.54, 1.807) is 0 Å². The van der Waals surface area contributed by atoms with E-state index in [1.165, 1.54) is 31.5 Å². The Morgan fingerprint density at radius 3 is 2.44 bits per heavy atom. The number of piperidine rings is 2. The SMILES string of the molecule is NC1CN(C(=O)[C@H]2CCCN(C3CCN(CCc4ccccc4)CC3)C2)C1. The number of nitrogens with zero attached hydrogens (tertiary/aromatic N) is 3. The van der Waals surface area contributed by atoms with Crippen molar-refractivity contribution < 1.29 is 4.79 Å². The maximum absolute atomic E-state index is 12.7. The van der Waals surface area contributed by atoms with Crippen molar-refractivity contribution in [3.05, 3.63) is 35.9 Å². The van der Waals surface area contributed by atoms with E-state index in [9.17, 15) is 4.79 Å². The predicted molar refractivity (Wildman–Crippen MR) is 108 cm³/mol. The number of carbonyl (C=O) groups excluding carboxylic acids is 1. The molecule has 1 atom stereocenters. The van der Waals surface area contributed by atoms with Gasteiger partial charge in [-0.1, -0.05) is 30.3 Å². The van der Waals surface area contributed by atoms with E-state index in [4.69, 9.17) is 5.73 Å². The van der Waals surface area contributed by atoms with Crippen LogP contribution < -0.4 is 5.73 Å². The van der Waals surface area contributed by atoms with Crippen LogP contribution in [-0.2, 0) is 11.2 Å². The quantitative estimate of drug-likeness (QED) is 0.855. The van der Waals surface area contributed by atoms with Crippen LogP contribution in [0.3, 0.4) is 0 Å². The minimum Gasteiger partial charge on any atom is -0.339 e. The Balaban J connectivity index is 1.21. The smallest absolute Gasteiger partial charge is 0.227 e. The second-order valence-corrected chi connectivity index (χ2v) is 8.65. The molecule has 3 fully saturated rings. The largest absolute Gasteiger partial charge is 0.339 e. The molecule has 0 unspecified atom stereocenters. The van der Waals surface area contributed by atoms with Crippen LogP contribution in [0.5, 0.6) is 0 Å². The average Bonchev–Trinajstić information content (AvgIpc) is 2.71. The Bertz CT molecular complexity index is 608. The number of carbonyl (C=O) groups is 1. The predicted octanol–water partition coefficient (Wildman–Crippen LogP) is 1.58.